The monoisotopic (exact) mass is 196 g/mol. The molecule has 0 atom stereocenters. The molecule has 14 heavy (non-hydrogen) atoms. The summed E-state index contributed by atoms with van der Waals surface area (Å²) in [5, 5.41) is 29.9. The van der Waals surface area contributed by atoms with Gasteiger partial charge in [-0.15, -0.1) is 4.85 Å². The number of fused-ring (bicyclic) bond motifs is 1. The molecule has 1 aromatic heterocycles. The van der Waals surface area contributed by atoms with Crippen molar-refractivity contribution >= 4 is 22.4 Å². The van der Waals surface area contributed by atoms with Gasteiger partial charge in [-0.25, -0.2) is 0 Å². The third kappa shape index (κ3) is 0.777. The van der Waals surface area contributed by atoms with Crippen LogP contribution >= 0.6 is 0 Å². The van der Waals surface area contributed by atoms with Crippen LogP contribution in [0.1, 0.15) is 0 Å². The lowest BCUT2D eigenvalue weighted by molar-refractivity contribution is -0.709. The summed E-state index contributed by atoms with van der Waals surface area (Å²) < 4.78 is 0. The van der Waals surface area contributed by atoms with Gasteiger partial charge in [-0.3, -0.25) is 5.73 Å². The van der Waals surface area contributed by atoms with Crippen molar-refractivity contribution < 1.29 is 15.2 Å². The largest absolute Gasteiger partial charge is 0.690 e. The van der Waals surface area contributed by atoms with Crippen LogP contribution in [-0.2, 0) is 0 Å². The summed E-state index contributed by atoms with van der Waals surface area (Å²) in [4.78, 5) is 0.292. The number of rotatable bonds is 0. The van der Waals surface area contributed by atoms with E-state index in [9.17, 15) is 15.5 Å². The van der Waals surface area contributed by atoms with E-state index in [0.29, 0.717) is 0 Å². The molecule has 2 rings (SSSR count). The van der Waals surface area contributed by atoms with Crippen LogP contribution in [0, 0.1) is 5.21 Å². The highest BCUT2D eigenvalue weighted by Gasteiger charge is 2.20. The van der Waals surface area contributed by atoms with E-state index in [4.69, 9.17) is 11.5 Å². The van der Waals surface area contributed by atoms with Crippen LogP contribution in [0.2, 0.25) is 0 Å². The number of phenolic OH excluding ortho intramolecular Hbond substituents is 1. The second kappa shape index (κ2) is 2.34. The smallest absolute Gasteiger partial charge is 0.311 e. The molecule has 0 saturated heterocycles. The zero-order chi connectivity index (χ0) is 10.5. The van der Waals surface area contributed by atoms with E-state index in [2.05, 4.69) is 0 Å². The lowest BCUT2D eigenvalue weighted by Crippen LogP contribution is -2.38. The Balaban J connectivity index is 3.08. The van der Waals surface area contributed by atoms with Crippen molar-refractivity contribution in [3.63, 3.8) is 0 Å². The van der Waals surface area contributed by atoms with Gasteiger partial charge in [-0.2, -0.15) is 0 Å². The van der Waals surface area contributed by atoms with Crippen LogP contribution in [0.15, 0.2) is 12.1 Å². The maximum atomic E-state index is 11.1. The topological polar surface area (TPSA) is 124 Å². The molecule has 0 unspecified atom stereocenters. The van der Waals surface area contributed by atoms with Gasteiger partial charge in [0.1, 0.15) is 11.1 Å². The number of nitrogen functional groups attached to an aromatic ring is 2. The third-order valence-corrected chi connectivity index (χ3v) is 2.02. The van der Waals surface area contributed by atoms with Crippen molar-refractivity contribution in [3.8, 4) is 5.75 Å². The predicted octanol–water partition coefficient (Wildman–Crippen LogP) is -0.618. The van der Waals surface area contributed by atoms with Crippen molar-refractivity contribution in [2.24, 2.45) is 0 Å². The van der Waals surface area contributed by atoms with E-state index in [0.717, 1.165) is 0 Å². The second-order valence-corrected chi connectivity index (χ2v) is 2.85. The molecule has 0 fully saturated rings. The normalized spacial score (nSPS) is 10.9. The van der Waals surface area contributed by atoms with Gasteiger partial charge in [0, 0.05) is 0 Å². The Kier molecular flexibility index (Phi) is 1.39. The molecule has 0 spiro atoms. The highest BCUT2D eigenvalue weighted by atomic mass is 16.6. The Morgan fingerprint density at radius 1 is 1.36 bits per heavy atom. The molecular weight excluding hydrogens is 188 g/mol. The highest BCUT2D eigenvalue weighted by Crippen LogP contribution is 2.31. The Bertz CT molecular complexity index is 474. The van der Waals surface area contributed by atoms with Crippen molar-refractivity contribution in [1.82, 2.24) is 4.85 Å². The van der Waals surface area contributed by atoms with Crippen molar-refractivity contribution in [3.05, 3.63) is 17.3 Å². The van der Waals surface area contributed by atoms with Gasteiger partial charge >= 0.3 is 5.82 Å². The fourth-order valence-corrected chi connectivity index (χ4v) is 1.35. The first-order valence-corrected chi connectivity index (χ1v) is 3.74. The van der Waals surface area contributed by atoms with E-state index < -0.39 is 0 Å². The molecule has 2 aromatic rings. The number of aromatic nitrogens is 2. The quantitative estimate of drug-likeness (QED) is 0.147. The maximum absolute atomic E-state index is 11.1. The summed E-state index contributed by atoms with van der Waals surface area (Å²) in [7, 11) is 0. The van der Waals surface area contributed by atoms with Gasteiger partial charge in [-0.05, 0) is 17.0 Å². The van der Waals surface area contributed by atoms with E-state index in [1.807, 2.05) is 0 Å². The lowest BCUT2D eigenvalue weighted by Gasteiger charge is -2.01. The summed E-state index contributed by atoms with van der Waals surface area (Å²) in [6.45, 7) is 0. The summed E-state index contributed by atoms with van der Waals surface area (Å²) in [5.74, 6) is -0.503. The zero-order valence-corrected chi connectivity index (χ0v) is 7.01. The molecule has 0 saturated carbocycles. The Morgan fingerprint density at radius 3 is 2.57 bits per heavy atom. The molecule has 0 aliphatic heterocycles. The van der Waals surface area contributed by atoms with Crippen molar-refractivity contribution in [1.29, 1.82) is 0 Å². The van der Waals surface area contributed by atoms with Gasteiger partial charge in [0.05, 0.1) is 5.69 Å². The average Bonchev–Trinajstić information content (AvgIpc) is 2.38. The summed E-state index contributed by atoms with van der Waals surface area (Å²) in [5.41, 5.74) is 11.0. The number of hydrogen-bond acceptors (Lipinski definition) is 5. The van der Waals surface area contributed by atoms with Gasteiger partial charge in [0.2, 0.25) is 0 Å². The van der Waals surface area contributed by atoms with Crippen LogP contribution in [0.5, 0.6) is 5.75 Å². The van der Waals surface area contributed by atoms with Gasteiger partial charge < -0.3 is 21.3 Å². The fraction of sp³-hybridized carbons (Fsp3) is 0. The number of anilines is 2. The molecule has 6 N–H and O–H groups in total. The van der Waals surface area contributed by atoms with Crippen LogP contribution in [0.25, 0.3) is 10.9 Å². The number of nitrogens with zero attached hydrogens (tertiary/aromatic N) is 2. The highest BCUT2D eigenvalue weighted by molar-refractivity contribution is 5.99. The van der Waals surface area contributed by atoms with E-state index in [-0.39, 0.29) is 37.8 Å². The minimum absolute atomic E-state index is 0.00231. The molecule has 0 aliphatic carbocycles. The Morgan fingerprint density at radius 2 is 2.00 bits per heavy atom. The SMILES string of the molecule is Nc1ccc(O)c2c(N)[n+]([O-])n(O)c12. The fourth-order valence-electron chi connectivity index (χ4n) is 1.35. The average molecular weight is 196 g/mol. The molecule has 0 amide bonds. The summed E-state index contributed by atoms with van der Waals surface area (Å²) >= 11 is 0. The summed E-state index contributed by atoms with van der Waals surface area (Å²) in [6, 6.07) is 2.66. The first-order chi connectivity index (χ1) is 6.54. The standard InChI is InChI=1S/C7H8N4O3/c8-3-1-2-4(12)5-6(3)10(13)11(14)7(5)9/h1-2,12-13H,8-9H2. The Labute approximate surface area is 77.9 Å². The predicted molar refractivity (Wildman–Crippen MR) is 48.6 cm³/mol. The van der Waals surface area contributed by atoms with E-state index >= 15 is 0 Å². The van der Waals surface area contributed by atoms with Gasteiger partial charge in [-0.1, -0.05) is 0 Å². The molecule has 74 valence electrons. The number of hydrogen-bond donors (Lipinski definition) is 4. The molecule has 7 heteroatoms. The first-order valence-electron chi connectivity index (χ1n) is 3.74. The molecule has 0 bridgehead atoms. The minimum Gasteiger partial charge on any atom is -0.690 e. The van der Waals surface area contributed by atoms with Gasteiger partial charge in [0.15, 0.2) is 5.52 Å². The van der Waals surface area contributed by atoms with Crippen LogP contribution in [0.4, 0.5) is 11.5 Å². The second-order valence-electron chi connectivity index (χ2n) is 2.85. The first kappa shape index (κ1) is 8.30. The van der Waals surface area contributed by atoms with Crippen LogP contribution in [-0.4, -0.2) is 15.2 Å². The van der Waals surface area contributed by atoms with Crippen molar-refractivity contribution in [2.75, 3.05) is 11.5 Å². The number of phenols is 1. The zero-order valence-electron chi connectivity index (χ0n) is 7.01. The molecular formula is C7H8N4O3. The van der Waals surface area contributed by atoms with Crippen LogP contribution in [0.3, 0.4) is 0 Å². The molecule has 1 heterocycles. The van der Waals surface area contributed by atoms with Gasteiger partial charge in [0.25, 0.3) is 0 Å². The van der Waals surface area contributed by atoms with Crippen LogP contribution < -0.4 is 16.3 Å². The maximum Gasteiger partial charge on any atom is 0.311 e. The van der Waals surface area contributed by atoms with Crippen molar-refractivity contribution in [2.45, 2.75) is 0 Å². The minimum atomic E-state index is -0.299. The number of aromatic hydroxyl groups is 1. The van der Waals surface area contributed by atoms with E-state index in [1.54, 1.807) is 0 Å². The molecule has 0 aliphatic rings. The summed E-state index contributed by atoms with van der Waals surface area (Å²) in [6.07, 6.45) is 0. The third-order valence-electron chi connectivity index (χ3n) is 2.02. The number of benzene rings is 1. The number of nitrogens with two attached hydrogens (primary N) is 2. The molecule has 7 nitrogen and oxygen atoms in total. The lowest BCUT2D eigenvalue weighted by atomic mass is 10.2. The molecule has 1 aromatic carbocycles. The van der Waals surface area contributed by atoms with E-state index in [1.165, 1.54) is 12.1 Å². The Hall–Kier alpha value is -2.31. The molecule has 0 radical (unpaired) electrons.